The molecule has 0 aromatic heterocycles. The maximum absolute atomic E-state index is 12.7. The number of rotatable bonds is 11. The van der Waals surface area contributed by atoms with Gasteiger partial charge in [-0.05, 0) is 48.4 Å². The Bertz CT molecular complexity index is 890. The Morgan fingerprint density at radius 1 is 1.16 bits per heavy atom. The lowest BCUT2D eigenvalue weighted by molar-refractivity contribution is -0.141. The van der Waals surface area contributed by atoms with Crippen LogP contribution >= 0.6 is 28.6 Å². The monoisotopic (exact) mass is 525 g/mol. The molecule has 0 radical (unpaired) electrons. The fraction of sp³-hybridized carbons (Fsp3) is 0.391. The number of amides is 1. The number of hydrogen-bond donors (Lipinski definition) is 3. The molecule has 2 N–H and O–H groups in total. The van der Waals surface area contributed by atoms with E-state index in [0.717, 1.165) is 10.0 Å². The lowest BCUT2D eigenvalue weighted by atomic mass is 9.80. The number of aliphatic hydroxyl groups is 1. The van der Waals surface area contributed by atoms with Crippen molar-refractivity contribution < 1.29 is 28.9 Å². The van der Waals surface area contributed by atoms with E-state index in [4.69, 9.17) is 19.3 Å². The number of ether oxygens (including phenoxy) is 3. The van der Waals surface area contributed by atoms with Gasteiger partial charge in [-0.2, -0.15) is 12.6 Å². The molecule has 2 aromatic carbocycles. The first-order valence-corrected chi connectivity index (χ1v) is 11.5. The van der Waals surface area contributed by atoms with Crippen LogP contribution in [0.25, 0.3) is 0 Å². The first kappa shape index (κ1) is 26.0. The maximum atomic E-state index is 12.7. The highest BCUT2D eigenvalue weighted by Crippen LogP contribution is 2.40. The molecule has 1 atom stereocenters. The standard InChI is InChI=1S/C23H28BrNO6S/c1-23(2,10-12-30-20(27)15-32)21(16-4-3-5-19(14-16)29-13-11-26)31-22(28)25-18-8-6-17(24)7-9-18/h3-9,14,21,26,32H,10-13,15H2,1-2H3,(H,25,28)/t21-/m0/s1. The zero-order valence-corrected chi connectivity index (χ0v) is 20.5. The molecule has 9 heteroatoms. The predicted molar refractivity (Wildman–Crippen MR) is 129 cm³/mol. The molecular formula is C23H28BrNO6S. The lowest BCUT2D eigenvalue weighted by Gasteiger charge is -2.34. The second-order valence-electron chi connectivity index (χ2n) is 7.68. The third-order valence-electron chi connectivity index (χ3n) is 4.68. The number of aliphatic hydroxyl groups excluding tert-OH is 1. The second kappa shape index (κ2) is 12.7. The molecule has 0 fully saturated rings. The van der Waals surface area contributed by atoms with Crippen LogP contribution < -0.4 is 10.1 Å². The minimum absolute atomic E-state index is 0.000193. The van der Waals surface area contributed by atoms with Crippen LogP contribution in [-0.4, -0.2) is 42.7 Å². The van der Waals surface area contributed by atoms with Gasteiger partial charge in [0.1, 0.15) is 18.5 Å². The first-order valence-electron chi connectivity index (χ1n) is 10.1. The van der Waals surface area contributed by atoms with Gasteiger partial charge < -0.3 is 19.3 Å². The second-order valence-corrected chi connectivity index (χ2v) is 8.91. The van der Waals surface area contributed by atoms with E-state index >= 15 is 0 Å². The van der Waals surface area contributed by atoms with Gasteiger partial charge in [-0.1, -0.05) is 41.9 Å². The minimum atomic E-state index is -0.662. The summed E-state index contributed by atoms with van der Waals surface area (Å²) < 4.78 is 17.4. The van der Waals surface area contributed by atoms with Crippen molar-refractivity contribution in [2.45, 2.75) is 26.4 Å². The molecule has 1 amide bonds. The summed E-state index contributed by atoms with van der Waals surface area (Å²) in [6.07, 6.45) is -0.824. The fourth-order valence-electron chi connectivity index (χ4n) is 3.00. The van der Waals surface area contributed by atoms with Crippen molar-refractivity contribution in [3.8, 4) is 5.75 Å². The number of carbonyl (C=O) groups excluding carboxylic acids is 2. The van der Waals surface area contributed by atoms with E-state index in [1.54, 1.807) is 30.3 Å². The van der Waals surface area contributed by atoms with Crippen molar-refractivity contribution in [1.29, 1.82) is 0 Å². The summed E-state index contributed by atoms with van der Waals surface area (Å²) in [5.74, 6) is 0.143. The number of thiol groups is 1. The van der Waals surface area contributed by atoms with Crippen LogP contribution in [-0.2, 0) is 14.3 Å². The van der Waals surface area contributed by atoms with E-state index in [2.05, 4.69) is 33.9 Å². The molecule has 32 heavy (non-hydrogen) atoms. The van der Waals surface area contributed by atoms with Crippen LogP contribution in [0.4, 0.5) is 10.5 Å². The van der Waals surface area contributed by atoms with Crippen molar-refractivity contribution in [2.75, 3.05) is 30.9 Å². The van der Waals surface area contributed by atoms with Crippen molar-refractivity contribution >= 4 is 46.3 Å². The van der Waals surface area contributed by atoms with E-state index in [1.807, 2.05) is 32.0 Å². The number of nitrogens with one attached hydrogen (secondary N) is 1. The molecule has 0 saturated heterocycles. The molecule has 0 unspecified atom stereocenters. The summed E-state index contributed by atoms with van der Waals surface area (Å²) in [4.78, 5) is 24.2. The summed E-state index contributed by atoms with van der Waals surface area (Å²) in [5, 5.41) is 11.8. The molecule has 0 heterocycles. The number of anilines is 1. The topological polar surface area (TPSA) is 94.1 Å². The van der Waals surface area contributed by atoms with E-state index in [0.29, 0.717) is 17.9 Å². The fourth-order valence-corrected chi connectivity index (χ4v) is 3.36. The highest BCUT2D eigenvalue weighted by molar-refractivity contribution is 9.10. The van der Waals surface area contributed by atoms with Crippen molar-refractivity contribution in [1.82, 2.24) is 0 Å². The Balaban J connectivity index is 2.22. The van der Waals surface area contributed by atoms with Gasteiger partial charge in [0.15, 0.2) is 0 Å². The highest BCUT2D eigenvalue weighted by Gasteiger charge is 2.35. The van der Waals surface area contributed by atoms with Gasteiger partial charge in [-0.3, -0.25) is 10.1 Å². The van der Waals surface area contributed by atoms with Crippen molar-refractivity contribution in [3.63, 3.8) is 0 Å². The van der Waals surface area contributed by atoms with E-state index < -0.39 is 23.6 Å². The molecule has 0 saturated carbocycles. The van der Waals surface area contributed by atoms with Gasteiger partial charge in [0.2, 0.25) is 0 Å². The molecule has 0 aliphatic heterocycles. The number of benzene rings is 2. The quantitative estimate of drug-likeness (QED) is 0.282. The normalized spacial score (nSPS) is 12.0. The molecule has 0 aliphatic carbocycles. The van der Waals surface area contributed by atoms with E-state index in [9.17, 15) is 9.59 Å². The molecule has 0 bridgehead atoms. The first-order chi connectivity index (χ1) is 15.2. The lowest BCUT2D eigenvalue weighted by Crippen LogP contribution is -2.30. The van der Waals surface area contributed by atoms with Crippen LogP contribution in [0.5, 0.6) is 5.75 Å². The smallest absolute Gasteiger partial charge is 0.412 e. The Morgan fingerprint density at radius 3 is 2.53 bits per heavy atom. The van der Waals surface area contributed by atoms with Crippen LogP contribution in [0, 0.1) is 5.41 Å². The average Bonchev–Trinajstić information content (AvgIpc) is 2.77. The van der Waals surface area contributed by atoms with Crippen LogP contribution in [0.3, 0.4) is 0 Å². The van der Waals surface area contributed by atoms with E-state index in [1.165, 1.54) is 0 Å². The van der Waals surface area contributed by atoms with Gasteiger partial charge in [0, 0.05) is 15.6 Å². The van der Waals surface area contributed by atoms with Crippen LogP contribution in [0.1, 0.15) is 31.9 Å². The molecule has 174 valence electrons. The average molecular weight is 526 g/mol. The number of hydrogen-bond acceptors (Lipinski definition) is 7. The summed E-state index contributed by atoms with van der Waals surface area (Å²) in [5.41, 5.74) is 0.734. The Kier molecular flexibility index (Phi) is 10.3. The molecule has 2 rings (SSSR count). The van der Waals surface area contributed by atoms with Gasteiger partial charge in [-0.15, -0.1) is 0 Å². The Hall–Kier alpha value is -2.23. The SMILES string of the molecule is CC(C)(CCOC(=O)CS)[C@@H](OC(=O)Nc1ccc(Br)cc1)c1cccc(OCCO)c1. The van der Waals surface area contributed by atoms with Gasteiger partial charge in [0.25, 0.3) is 0 Å². The molecule has 2 aromatic rings. The molecule has 0 spiro atoms. The Morgan fingerprint density at radius 2 is 1.88 bits per heavy atom. The minimum Gasteiger partial charge on any atom is -0.491 e. The zero-order chi connectivity index (χ0) is 23.6. The maximum Gasteiger partial charge on any atom is 0.412 e. The summed E-state index contributed by atoms with van der Waals surface area (Å²) in [6, 6.07) is 14.3. The summed E-state index contributed by atoms with van der Waals surface area (Å²) in [6.45, 7) is 4.08. The van der Waals surface area contributed by atoms with Crippen LogP contribution in [0.15, 0.2) is 53.0 Å². The molecule has 7 nitrogen and oxygen atoms in total. The zero-order valence-electron chi connectivity index (χ0n) is 18.0. The summed E-state index contributed by atoms with van der Waals surface area (Å²) >= 11 is 7.27. The summed E-state index contributed by atoms with van der Waals surface area (Å²) in [7, 11) is 0. The van der Waals surface area contributed by atoms with Gasteiger partial charge in [0.05, 0.1) is 19.0 Å². The number of esters is 1. The van der Waals surface area contributed by atoms with Gasteiger partial charge >= 0.3 is 12.1 Å². The number of halogens is 1. The third-order valence-corrected chi connectivity index (χ3v) is 5.47. The van der Waals surface area contributed by atoms with Crippen LogP contribution in [0.2, 0.25) is 0 Å². The predicted octanol–water partition coefficient (Wildman–Crippen LogP) is 5.00. The van der Waals surface area contributed by atoms with Crippen molar-refractivity contribution in [2.24, 2.45) is 5.41 Å². The number of carbonyl (C=O) groups is 2. The highest BCUT2D eigenvalue weighted by atomic mass is 79.9. The molecular weight excluding hydrogens is 498 g/mol. The van der Waals surface area contributed by atoms with E-state index in [-0.39, 0.29) is 25.6 Å². The van der Waals surface area contributed by atoms with Gasteiger partial charge in [-0.25, -0.2) is 4.79 Å². The molecule has 0 aliphatic rings. The third kappa shape index (κ3) is 8.37. The Labute approximate surface area is 202 Å². The largest absolute Gasteiger partial charge is 0.491 e. The van der Waals surface area contributed by atoms with Crippen molar-refractivity contribution in [3.05, 3.63) is 58.6 Å².